The summed E-state index contributed by atoms with van der Waals surface area (Å²) in [7, 11) is 6.62. The first-order valence-electron chi connectivity index (χ1n) is 10.7. The zero-order valence-corrected chi connectivity index (χ0v) is 21.9. The highest BCUT2D eigenvalue weighted by Gasteiger charge is 2.17. The molecule has 8 heteroatoms. The minimum absolute atomic E-state index is 0. The maximum Gasteiger partial charge on any atom is 0.203 e. The van der Waals surface area contributed by atoms with Gasteiger partial charge in [-0.05, 0) is 49.6 Å². The van der Waals surface area contributed by atoms with Crippen LogP contribution in [0, 0.1) is 0 Å². The van der Waals surface area contributed by atoms with Crippen molar-refractivity contribution in [1.29, 1.82) is 0 Å². The molecular formula is C24H35IN4O3. The van der Waals surface area contributed by atoms with E-state index in [1.54, 1.807) is 28.4 Å². The number of nitrogens with zero attached hydrogens (tertiary/aromatic N) is 2. The van der Waals surface area contributed by atoms with Crippen LogP contribution in [0.4, 0.5) is 5.69 Å². The molecule has 176 valence electrons. The van der Waals surface area contributed by atoms with Crippen LogP contribution in [-0.4, -0.2) is 47.4 Å². The molecule has 0 amide bonds. The monoisotopic (exact) mass is 554 g/mol. The predicted octanol–water partition coefficient (Wildman–Crippen LogP) is 4.36. The van der Waals surface area contributed by atoms with Crippen LogP contribution in [0.25, 0.3) is 0 Å². The largest absolute Gasteiger partial charge is 0.493 e. The molecule has 2 N–H and O–H groups in total. The van der Waals surface area contributed by atoms with Crippen molar-refractivity contribution in [1.82, 2.24) is 10.6 Å². The highest BCUT2D eigenvalue weighted by atomic mass is 127. The first-order valence-corrected chi connectivity index (χ1v) is 10.7. The van der Waals surface area contributed by atoms with Crippen molar-refractivity contribution in [3.05, 3.63) is 47.5 Å². The number of anilines is 1. The van der Waals surface area contributed by atoms with E-state index in [0.717, 1.165) is 24.6 Å². The molecule has 0 radical (unpaired) electrons. The zero-order chi connectivity index (χ0) is 22.2. The SMILES string of the molecule is CN=C(NCc1ccc(OC)c(OC)c1OC)NC(C)c1cccc(N2CCCC2)c1.I. The van der Waals surface area contributed by atoms with E-state index in [1.165, 1.54) is 24.1 Å². The lowest BCUT2D eigenvalue weighted by molar-refractivity contribution is 0.322. The Labute approximate surface area is 208 Å². The molecule has 1 saturated heterocycles. The van der Waals surface area contributed by atoms with E-state index in [-0.39, 0.29) is 30.0 Å². The van der Waals surface area contributed by atoms with Crippen LogP contribution in [0.1, 0.15) is 36.9 Å². The van der Waals surface area contributed by atoms with Crippen LogP contribution >= 0.6 is 24.0 Å². The second-order valence-corrected chi connectivity index (χ2v) is 7.57. The van der Waals surface area contributed by atoms with Gasteiger partial charge in [0, 0.05) is 37.9 Å². The van der Waals surface area contributed by atoms with Crippen molar-refractivity contribution in [2.75, 3.05) is 46.4 Å². The molecule has 1 aliphatic heterocycles. The molecule has 1 fully saturated rings. The molecule has 3 rings (SSSR count). The molecule has 0 aliphatic carbocycles. The number of ether oxygens (including phenoxy) is 3. The summed E-state index contributed by atoms with van der Waals surface area (Å²) in [5.74, 6) is 2.59. The lowest BCUT2D eigenvalue weighted by Crippen LogP contribution is -2.38. The summed E-state index contributed by atoms with van der Waals surface area (Å²) in [6.07, 6.45) is 2.54. The molecule has 7 nitrogen and oxygen atoms in total. The number of hydrogen-bond donors (Lipinski definition) is 2. The quantitative estimate of drug-likeness (QED) is 0.287. The van der Waals surface area contributed by atoms with Crippen molar-refractivity contribution >= 4 is 35.6 Å². The molecular weight excluding hydrogens is 519 g/mol. The van der Waals surface area contributed by atoms with Crippen molar-refractivity contribution in [3.8, 4) is 17.2 Å². The second kappa shape index (κ2) is 12.6. The van der Waals surface area contributed by atoms with E-state index in [2.05, 4.69) is 51.7 Å². The van der Waals surface area contributed by atoms with Crippen LogP contribution in [0.15, 0.2) is 41.4 Å². The normalized spacial score (nSPS) is 14.4. The van der Waals surface area contributed by atoms with Gasteiger partial charge < -0.3 is 29.7 Å². The fourth-order valence-electron chi connectivity index (χ4n) is 3.93. The first-order chi connectivity index (χ1) is 15.1. The molecule has 2 aromatic rings. The van der Waals surface area contributed by atoms with Gasteiger partial charge in [-0.3, -0.25) is 4.99 Å². The second-order valence-electron chi connectivity index (χ2n) is 7.57. The fraction of sp³-hybridized carbons (Fsp3) is 0.458. The van der Waals surface area contributed by atoms with Crippen LogP contribution < -0.4 is 29.7 Å². The van der Waals surface area contributed by atoms with Crippen LogP contribution in [0.2, 0.25) is 0 Å². The number of rotatable bonds is 8. The van der Waals surface area contributed by atoms with Gasteiger partial charge in [-0.25, -0.2) is 0 Å². The molecule has 2 aromatic carbocycles. The van der Waals surface area contributed by atoms with Gasteiger partial charge in [0.2, 0.25) is 5.75 Å². The Kier molecular flexibility index (Phi) is 10.2. The van der Waals surface area contributed by atoms with Gasteiger partial charge in [-0.15, -0.1) is 24.0 Å². The molecule has 32 heavy (non-hydrogen) atoms. The third kappa shape index (κ3) is 6.11. The van der Waals surface area contributed by atoms with Crippen molar-refractivity contribution < 1.29 is 14.2 Å². The predicted molar refractivity (Wildman–Crippen MR) is 141 cm³/mol. The Morgan fingerprint density at radius 3 is 2.38 bits per heavy atom. The van der Waals surface area contributed by atoms with E-state index < -0.39 is 0 Å². The van der Waals surface area contributed by atoms with E-state index >= 15 is 0 Å². The minimum Gasteiger partial charge on any atom is -0.493 e. The number of hydrogen-bond acceptors (Lipinski definition) is 5. The number of halogens is 1. The molecule has 0 spiro atoms. The van der Waals surface area contributed by atoms with Crippen molar-refractivity contribution in [3.63, 3.8) is 0 Å². The standard InChI is InChI=1S/C24H34N4O3.HI/c1-17(18-9-8-10-20(15-18)28-13-6-7-14-28)27-24(25-2)26-16-19-11-12-21(29-3)23(31-5)22(19)30-4;/h8-12,15,17H,6-7,13-14,16H2,1-5H3,(H2,25,26,27);1H. The number of guanidine groups is 1. The summed E-state index contributed by atoms with van der Waals surface area (Å²) in [6.45, 7) is 4.96. The zero-order valence-electron chi connectivity index (χ0n) is 19.6. The topological polar surface area (TPSA) is 67.4 Å². The van der Waals surface area contributed by atoms with Crippen LogP contribution in [0.5, 0.6) is 17.2 Å². The Morgan fingerprint density at radius 2 is 1.75 bits per heavy atom. The third-order valence-electron chi connectivity index (χ3n) is 5.65. The van der Waals surface area contributed by atoms with Crippen LogP contribution in [0.3, 0.4) is 0 Å². The Morgan fingerprint density at radius 1 is 1.03 bits per heavy atom. The summed E-state index contributed by atoms with van der Waals surface area (Å²) >= 11 is 0. The van der Waals surface area contributed by atoms with Gasteiger partial charge in [-0.2, -0.15) is 0 Å². The number of aliphatic imine (C=N–C) groups is 1. The third-order valence-corrected chi connectivity index (χ3v) is 5.65. The molecule has 0 bridgehead atoms. The molecule has 0 aromatic heterocycles. The maximum absolute atomic E-state index is 5.58. The molecule has 1 aliphatic rings. The summed E-state index contributed by atoms with van der Waals surface area (Å²) < 4.78 is 16.4. The lowest BCUT2D eigenvalue weighted by Gasteiger charge is -2.22. The van der Waals surface area contributed by atoms with Crippen LogP contribution in [-0.2, 0) is 6.54 Å². The molecule has 0 saturated carbocycles. The fourth-order valence-corrected chi connectivity index (χ4v) is 3.93. The molecule has 1 heterocycles. The Balaban J connectivity index is 0.00000363. The average Bonchev–Trinajstić information content (AvgIpc) is 3.36. The smallest absolute Gasteiger partial charge is 0.203 e. The summed E-state index contributed by atoms with van der Waals surface area (Å²) in [5, 5.41) is 6.85. The summed E-state index contributed by atoms with van der Waals surface area (Å²) in [6, 6.07) is 12.7. The Bertz CT molecular complexity index is 901. The van der Waals surface area contributed by atoms with E-state index in [9.17, 15) is 0 Å². The van der Waals surface area contributed by atoms with E-state index in [0.29, 0.717) is 23.8 Å². The summed E-state index contributed by atoms with van der Waals surface area (Å²) in [4.78, 5) is 6.84. The van der Waals surface area contributed by atoms with Gasteiger partial charge in [-0.1, -0.05) is 12.1 Å². The van der Waals surface area contributed by atoms with E-state index in [1.807, 2.05) is 12.1 Å². The van der Waals surface area contributed by atoms with Gasteiger partial charge in [0.1, 0.15) is 0 Å². The van der Waals surface area contributed by atoms with E-state index in [4.69, 9.17) is 14.2 Å². The number of methoxy groups -OCH3 is 3. The average molecular weight is 554 g/mol. The minimum atomic E-state index is 0. The number of benzene rings is 2. The van der Waals surface area contributed by atoms with Gasteiger partial charge >= 0.3 is 0 Å². The lowest BCUT2D eigenvalue weighted by atomic mass is 10.1. The maximum atomic E-state index is 5.58. The number of nitrogens with one attached hydrogen (secondary N) is 2. The molecule has 1 atom stereocenters. The van der Waals surface area contributed by atoms with Gasteiger partial charge in [0.05, 0.1) is 27.4 Å². The molecule has 1 unspecified atom stereocenters. The highest BCUT2D eigenvalue weighted by molar-refractivity contribution is 14.0. The Hall–Kier alpha value is -2.36. The van der Waals surface area contributed by atoms with Crippen molar-refractivity contribution in [2.24, 2.45) is 4.99 Å². The van der Waals surface area contributed by atoms with Crippen molar-refractivity contribution in [2.45, 2.75) is 32.4 Å². The summed E-state index contributed by atoms with van der Waals surface area (Å²) in [5.41, 5.74) is 3.48. The van der Waals surface area contributed by atoms with Gasteiger partial charge in [0.15, 0.2) is 17.5 Å². The first kappa shape index (κ1) is 25.9. The van der Waals surface area contributed by atoms with Gasteiger partial charge in [0.25, 0.3) is 0 Å². The highest BCUT2D eigenvalue weighted by Crippen LogP contribution is 2.39.